The van der Waals surface area contributed by atoms with Crippen LogP contribution in [0.1, 0.15) is 46.5 Å². The molecule has 1 fully saturated rings. The number of rotatable bonds is 4. The van der Waals surface area contributed by atoms with Crippen molar-refractivity contribution in [2.75, 3.05) is 19.6 Å². The molecule has 0 heterocycles. The molecule has 1 rings (SSSR count). The molecule has 0 unspecified atom stereocenters. The Hall–Kier alpha value is 0. The summed E-state index contributed by atoms with van der Waals surface area (Å²) in [7, 11) is 0. The number of guanidine groups is 1. The van der Waals surface area contributed by atoms with Crippen molar-refractivity contribution in [2.45, 2.75) is 46.5 Å². The largest absolute Gasteiger partial charge is 0.357 e. The fraction of sp³-hybridized carbons (Fsp3) is 0.923. The van der Waals surface area contributed by atoms with Crippen LogP contribution in [-0.4, -0.2) is 25.6 Å². The molecule has 0 aromatic rings. The molecule has 0 atom stereocenters. The van der Waals surface area contributed by atoms with Gasteiger partial charge >= 0.3 is 0 Å². The fourth-order valence-corrected chi connectivity index (χ4v) is 2.24. The molecule has 3 nitrogen and oxygen atoms in total. The van der Waals surface area contributed by atoms with Crippen LogP contribution in [-0.2, 0) is 0 Å². The van der Waals surface area contributed by atoms with Gasteiger partial charge in [0.15, 0.2) is 5.96 Å². The maximum Gasteiger partial charge on any atom is 0.191 e. The van der Waals surface area contributed by atoms with Crippen LogP contribution in [0, 0.1) is 11.8 Å². The zero-order valence-corrected chi connectivity index (χ0v) is 13.8. The second kappa shape index (κ2) is 9.97. The molecule has 4 heteroatoms. The van der Waals surface area contributed by atoms with E-state index in [1.165, 1.54) is 25.7 Å². The van der Waals surface area contributed by atoms with E-state index >= 15 is 0 Å². The van der Waals surface area contributed by atoms with E-state index in [-0.39, 0.29) is 24.0 Å². The summed E-state index contributed by atoms with van der Waals surface area (Å²) >= 11 is 0. The average Bonchev–Trinajstić information content (AvgIpc) is 2.29. The van der Waals surface area contributed by atoms with E-state index in [9.17, 15) is 0 Å². The van der Waals surface area contributed by atoms with E-state index in [4.69, 9.17) is 0 Å². The van der Waals surface area contributed by atoms with Crippen LogP contribution in [0.2, 0.25) is 0 Å². The molecule has 102 valence electrons. The first kappa shape index (κ1) is 17.0. The Bertz CT molecular complexity index is 203. The van der Waals surface area contributed by atoms with Gasteiger partial charge in [-0.15, -0.1) is 24.0 Å². The topological polar surface area (TPSA) is 36.4 Å². The molecule has 1 aliphatic rings. The Morgan fingerprint density at radius 1 is 1.06 bits per heavy atom. The monoisotopic (exact) mass is 353 g/mol. The minimum atomic E-state index is 0. The lowest BCUT2D eigenvalue weighted by molar-refractivity contribution is 0.296. The molecule has 1 saturated carbocycles. The predicted molar refractivity (Wildman–Crippen MR) is 86.2 cm³/mol. The highest BCUT2D eigenvalue weighted by molar-refractivity contribution is 14.0. The lowest BCUT2D eigenvalue weighted by atomic mass is 9.83. The van der Waals surface area contributed by atoms with E-state index in [2.05, 4.69) is 36.4 Å². The van der Waals surface area contributed by atoms with Crippen molar-refractivity contribution >= 4 is 29.9 Å². The first-order valence-corrected chi connectivity index (χ1v) is 6.78. The van der Waals surface area contributed by atoms with Crippen molar-refractivity contribution in [3.05, 3.63) is 0 Å². The summed E-state index contributed by atoms with van der Waals surface area (Å²) in [4.78, 5) is 4.65. The molecule has 0 aromatic carbocycles. The summed E-state index contributed by atoms with van der Waals surface area (Å²) in [6.45, 7) is 9.44. The van der Waals surface area contributed by atoms with Crippen LogP contribution < -0.4 is 10.6 Å². The van der Waals surface area contributed by atoms with Gasteiger partial charge in [-0.25, -0.2) is 0 Å². The van der Waals surface area contributed by atoms with E-state index in [0.717, 1.165) is 37.4 Å². The quantitative estimate of drug-likeness (QED) is 0.463. The van der Waals surface area contributed by atoms with E-state index in [0.29, 0.717) is 0 Å². The standard InChI is InChI=1S/C13H27N3.HI/c1-4-14-13(15-5-2)16-10-12-8-6-11(3)7-9-12;/h11-12H,4-10H2,1-3H3,(H2,14,15,16);1H. The zero-order valence-electron chi connectivity index (χ0n) is 11.5. The Morgan fingerprint density at radius 2 is 1.59 bits per heavy atom. The third kappa shape index (κ3) is 7.11. The third-order valence-corrected chi connectivity index (χ3v) is 3.33. The summed E-state index contributed by atoms with van der Waals surface area (Å²) < 4.78 is 0. The van der Waals surface area contributed by atoms with Gasteiger partial charge in [0.2, 0.25) is 0 Å². The number of hydrogen-bond acceptors (Lipinski definition) is 1. The van der Waals surface area contributed by atoms with Crippen LogP contribution in [0.3, 0.4) is 0 Å². The van der Waals surface area contributed by atoms with Gasteiger partial charge in [0.1, 0.15) is 0 Å². The lowest BCUT2D eigenvalue weighted by Crippen LogP contribution is -2.37. The molecule has 17 heavy (non-hydrogen) atoms. The Balaban J connectivity index is 0.00000256. The van der Waals surface area contributed by atoms with Crippen LogP contribution in [0.25, 0.3) is 0 Å². The summed E-state index contributed by atoms with van der Waals surface area (Å²) in [5.41, 5.74) is 0. The molecule has 0 amide bonds. The highest BCUT2D eigenvalue weighted by Crippen LogP contribution is 2.28. The highest BCUT2D eigenvalue weighted by atomic mass is 127. The second-order valence-electron chi connectivity index (χ2n) is 4.88. The normalized spacial score (nSPS) is 23.5. The van der Waals surface area contributed by atoms with Crippen LogP contribution in [0.15, 0.2) is 4.99 Å². The lowest BCUT2D eigenvalue weighted by Gasteiger charge is -2.25. The second-order valence-corrected chi connectivity index (χ2v) is 4.88. The van der Waals surface area contributed by atoms with E-state index < -0.39 is 0 Å². The van der Waals surface area contributed by atoms with Gasteiger partial charge in [-0.1, -0.05) is 19.8 Å². The van der Waals surface area contributed by atoms with Gasteiger partial charge < -0.3 is 10.6 Å². The molecule has 0 aromatic heterocycles. The van der Waals surface area contributed by atoms with Crippen molar-refractivity contribution in [1.29, 1.82) is 0 Å². The number of hydrogen-bond donors (Lipinski definition) is 2. The van der Waals surface area contributed by atoms with Gasteiger partial charge in [-0.3, -0.25) is 4.99 Å². The molecule has 1 aliphatic carbocycles. The summed E-state index contributed by atoms with van der Waals surface area (Å²) in [5.74, 6) is 2.72. The molecule has 0 radical (unpaired) electrons. The van der Waals surface area contributed by atoms with Gasteiger partial charge in [0, 0.05) is 19.6 Å². The van der Waals surface area contributed by atoms with Crippen molar-refractivity contribution in [3.63, 3.8) is 0 Å². The highest BCUT2D eigenvalue weighted by Gasteiger charge is 2.17. The summed E-state index contributed by atoms with van der Waals surface area (Å²) in [5, 5.41) is 6.54. The minimum Gasteiger partial charge on any atom is -0.357 e. The van der Waals surface area contributed by atoms with Gasteiger partial charge in [-0.05, 0) is 38.5 Å². The first-order chi connectivity index (χ1) is 7.76. The maximum absolute atomic E-state index is 4.65. The van der Waals surface area contributed by atoms with E-state index in [1.54, 1.807) is 0 Å². The SMILES string of the molecule is CCNC(=NCC1CCC(C)CC1)NCC.I. The predicted octanol–water partition coefficient (Wildman–Crippen LogP) is 3.01. The van der Waals surface area contributed by atoms with Crippen molar-refractivity contribution in [2.24, 2.45) is 16.8 Å². The van der Waals surface area contributed by atoms with Gasteiger partial charge in [-0.2, -0.15) is 0 Å². The van der Waals surface area contributed by atoms with E-state index in [1.807, 2.05) is 0 Å². The molecular formula is C13H28IN3. The molecule has 0 spiro atoms. The van der Waals surface area contributed by atoms with Crippen LogP contribution in [0.4, 0.5) is 0 Å². The first-order valence-electron chi connectivity index (χ1n) is 6.78. The van der Waals surface area contributed by atoms with Crippen molar-refractivity contribution in [1.82, 2.24) is 10.6 Å². The Morgan fingerprint density at radius 3 is 2.06 bits per heavy atom. The number of nitrogens with one attached hydrogen (secondary N) is 2. The fourth-order valence-electron chi connectivity index (χ4n) is 2.24. The summed E-state index contributed by atoms with van der Waals surface area (Å²) in [6.07, 6.45) is 5.49. The number of nitrogens with zero attached hydrogens (tertiary/aromatic N) is 1. The zero-order chi connectivity index (χ0) is 11.8. The molecule has 2 N–H and O–H groups in total. The Kier molecular flexibility index (Phi) is 9.97. The summed E-state index contributed by atoms with van der Waals surface area (Å²) in [6, 6.07) is 0. The average molecular weight is 353 g/mol. The Labute approximate surface area is 123 Å². The number of aliphatic imine (C=N–C) groups is 1. The smallest absolute Gasteiger partial charge is 0.191 e. The molecule has 0 bridgehead atoms. The number of halogens is 1. The third-order valence-electron chi connectivity index (χ3n) is 3.33. The molecular weight excluding hydrogens is 325 g/mol. The molecule has 0 aliphatic heterocycles. The van der Waals surface area contributed by atoms with Crippen molar-refractivity contribution < 1.29 is 0 Å². The maximum atomic E-state index is 4.65. The van der Waals surface area contributed by atoms with Crippen LogP contribution in [0.5, 0.6) is 0 Å². The van der Waals surface area contributed by atoms with Gasteiger partial charge in [0.25, 0.3) is 0 Å². The van der Waals surface area contributed by atoms with Gasteiger partial charge in [0.05, 0.1) is 0 Å². The van der Waals surface area contributed by atoms with Crippen molar-refractivity contribution in [3.8, 4) is 0 Å². The van der Waals surface area contributed by atoms with Crippen LogP contribution >= 0.6 is 24.0 Å². The minimum absolute atomic E-state index is 0. The molecule has 0 saturated heterocycles.